The summed E-state index contributed by atoms with van der Waals surface area (Å²) >= 11 is 0. The van der Waals surface area contributed by atoms with Gasteiger partial charge >= 0.3 is 0 Å². The molecule has 6 rings (SSSR count). The van der Waals surface area contributed by atoms with Gasteiger partial charge in [-0.1, -0.05) is 37.3 Å². The van der Waals surface area contributed by atoms with E-state index in [1.807, 2.05) is 16.9 Å². The maximum Gasteiger partial charge on any atom is 0.220 e. The molecule has 2 aliphatic rings. The van der Waals surface area contributed by atoms with Crippen molar-refractivity contribution in [3.63, 3.8) is 0 Å². The van der Waals surface area contributed by atoms with Crippen LogP contribution >= 0.6 is 0 Å². The van der Waals surface area contributed by atoms with Crippen molar-refractivity contribution in [1.29, 1.82) is 0 Å². The molecule has 4 aromatic rings. The predicted molar refractivity (Wildman–Crippen MR) is 197 cm³/mol. The first kappa shape index (κ1) is 35.5. The largest absolute Gasteiger partial charge is 0.381 e. The van der Waals surface area contributed by atoms with E-state index < -0.39 is 0 Å². The third-order valence-corrected chi connectivity index (χ3v) is 9.96. The Bertz CT molecular complexity index is 1800. The normalized spacial score (nSPS) is 16.9. The number of ether oxygens (including phenoxy) is 1. The van der Waals surface area contributed by atoms with E-state index in [1.165, 1.54) is 16.7 Å². The molecule has 0 aliphatic carbocycles. The summed E-state index contributed by atoms with van der Waals surface area (Å²) in [5, 5.41) is 15.4. The molecule has 0 bridgehead atoms. The van der Waals surface area contributed by atoms with Crippen LogP contribution in [0.15, 0.2) is 48.7 Å². The Morgan fingerprint density at radius 3 is 2.48 bits per heavy atom. The number of nitrogens with two attached hydrogens (primary N) is 1. The van der Waals surface area contributed by atoms with Crippen LogP contribution in [0.5, 0.6) is 0 Å². The lowest BCUT2D eigenvalue weighted by atomic mass is 9.96. The van der Waals surface area contributed by atoms with Crippen molar-refractivity contribution in [1.82, 2.24) is 30.3 Å². The molecule has 2 aromatic heterocycles. The average Bonchev–Trinajstić information content (AvgIpc) is 3.75. The van der Waals surface area contributed by atoms with Crippen molar-refractivity contribution in [2.45, 2.75) is 97.6 Å². The second-order valence-electron chi connectivity index (χ2n) is 13.7. The van der Waals surface area contributed by atoms with Crippen LogP contribution in [0.1, 0.15) is 73.9 Å². The van der Waals surface area contributed by atoms with Gasteiger partial charge in [-0.05, 0) is 79.5 Å². The third kappa shape index (κ3) is 8.69. The van der Waals surface area contributed by atoms with E-state index in [4.69, 9.17) is 15.5 Å². The van der Waals surface area contributed by atoms with Crippen LogP contribution in [0.3, 0.4) is 0 Å². The summed E-state index contributed by atoms with van der Waals surface area (Å²) in [5.41, 5.74) is 15.6. The van der Waals surface area contributed by atoms with Crippen molar-refractivity contribution >= 4 is 28.5 Å². The highest BCUT2D eigenvalue weighted by atomic mass is 16.5. The van der Waals surface area contributed by atoms with E-state index in [2.05, 4.69) is 83.1 Å². The number of carbonyl (C=O) groups is 2. The van der Waals surface area contributed by atoms with E-state index in [0.29, 0.717) is 13.1 Å². The molecule has 11 nitrogen and oxygen atoms in total. The number of likely N-dealkylation sites (tertiary alicyclic amines) is 1. The number of aryl methyl sites for hydroxylation is 3. The summed E-state index contributed by atoms with van der Waals surface area (Å²) in [6.45, 7) is 12.0. The highest BCUT2D eigenvalue weighted by molar-refractivity contribution is 5.92. The molecule has 2 aliphatic heterocycles. The third-order valence-electron chi connectivity index (χ3n) is 9.96. The SMILES string of the molecule is CCc1nc2c(cnn2CC)c(NC2CCOCC2)c1CNC(=O)CCC(=O)NCc1ccc(C)c(-c2cccc(CN3CC[C@H](N)C3)c2)c1. The van der Waals surface area contributed by atoms with Crippen LogP contribution in [0.4, 0.5) is 5.69 Å². The summed E-state index contributed by atoms with van der Waals surface area (Å²) < 4.78 is 7.49. The van der Waals surface area contributed by atoms with Crippen LogP contribution in [-0.4, -0.2) is 69.9 Å². The topological polar surface area (TPSA) is 139 Å². The monoisotopic (exact) mass is 680 g/mol. The maximum atomic E-state index is 13.0. The van der Waals surface area contributed by atoms with Gasteiger partial charge in [0.2, 0.25) is 11.8 Å². The fourth-order valence-electron chi connectivity index (χ4n) is 7.08. The van der Waals surface area contributed by atoms with Gasteiger partial charge in [-0.2, -0.15) is 5.10 Å². The van der Waals surface area contributed by atoms with E-state index >= 15 is 0 Å². The Morgan fingerprint density at radius 1 is 0.980 bits per heavy atom. The first-order valence-electron chi connectivity index (χ1n) is 18.2. The van der Waals surface area contributed by atoms with Gasteiger partial charge < -0.3 is 26.4 Å². The summed E-state index contributed by atoms with van der Waals surface area (Å²) in [4.78, 5) is 33.3. The van der Waals surface area contributed by atoms with Crippen LogP contribution in [0.2, 0.25) is 0 Å². The highest BCUT2D eigenvalue weighted by Crippen LogP contribution is 2.31. The zero-order chi connectivity index (χ0) is 35.0. The second kappa shape index (κ2) is 16.6. The summed E-state index contributed by atoms with van der Waals surface area (Å²) in [6, 6.07) is 15.5. The van der Waals surface area contributed by atoms with Gasteiger partial charge in [-0.25, -0.2) is 9.67 Å². The fraction of sp³-hybridized carbons (Fsp3) is 0.487. The van der Waals surface area contributed by atoms with E-state index in [9.17, 15) is 9.59 Å². The van der Waals surface area contributed by atoms with E-state index in [0.717, 1.165) is 104 Å². The zero-order valence-corrected chi connectivity index (χ0v) is 29.8. The summed E-state index contributed by atoms with van der Waals surface area (Å²) in [6.07, 6.45) is 5.69. The number of hydrogen-bond donors (Lipinski definition) is 4. The molecule has 2 aromatic carbocycles. The Balaban J connectivity index is 1.04. The highest BCUT2D eigenvalue weighted by Gasteiger charge is 2.22. The number of rotatable bonds is 14. The van der Waals surface area contributed by atoms with Crippen molar-refractivity contribution in [2.75, 3.05) is 31.6 Å². The zero-order valence-electron chi connectivity index (χ0n) is 29.8. The number of aromatic nitrogens is 3. The fourth-order valence-corrected chi connectivity index (χ4v) is 7.08. The molecular formula is C39H52N8O3. The smallest absolute Gasteiger partial charge is 0.220 e. The Kier molecular flexibility index (Phi) is 11.8. The number of nitrogens with one attached hydrogen (secondary N) is 3. The number of carbonyl (C=O) groups excluding carboxylic acids is 2. The lowest BCUT2D eigenvalue weighted by Crippen LogP contribution is -2.30. The number of amides is 2. The van der Waals surface area contributed by atoms with Gasteiger partial charge in [0.1, 0.15) is 0 Å². The number of nitrogens with zero attached hydrogens (tertiary/aromatic N) is 4. The predicted octanol–water partition coefficient (Wildman–Crippen LogP) is 4.83. The van der Waals surface area contributed by atoms with Crippen LogP contribution in [-0.2, 0) is 46.9 Å². The van der Waals surface area contributed by atoms with E-state index in [1.54, 1.807) is 0 Å². The number of pyridine rings is 1. The first-order valence-corrected chi connectivity index (χ1v) is 18.2. The number of fused-ring (bicyclic) bond motifs is 1. The molecular weight excluding hydrogens is 628 g/mol. The average molecular weight is 681 g/mol. The van der Waals surface area contributed by atoms with E-state index in [-0.39, 0.29) is 36.7 Å². The Labute approximate surface area is 295 Å². The number of benzene rings is 2. The van der Waals surface area contributed by atoms with Crippen LogP contribution < -0.4 is 21.7 Å². The second-order valence-corrected chi connectivity index (χ2v) is 13.7. The molecule has 266 valence electrons. The molecule has 50 heavy (non-hydrogen) atoms. The number of anilines is 1. The van der Waals surface area contributed by atoms with Gasteiger partial charge in [-0.3, -0.25) is 14.5 Å². The first-order chi connectivity index (χ1) is 24.3. The molecule has 0 radical (unpaired) electrons. The van der Waals surface area contributed by atoms with Gasteiger partial charge in [0.05, 0.1) is 17.3 Å². The summed E-state index contributed by atoms with van der Waals surface area (Å²) in [7, 11) is 0. The molecule has 4 heterocycles. The van der Waals surface area contributed by atoms with Gasteiger partial charge in [0, 0.05) is 88.7 Å². The standard InChI is InChI=1S/C39H52N8O3/c1-4-35-33(38(44-31-14-17-50-18-15-31)34-23-43-47(5-2)39(34)45-35)22-42-37(49)12-11-36(48)41-21-27-10-9-26(3)32(20-27)29-8-6-7-28(19-29)24-46-16-13-30(40)25-46/h6-10,19-20,23,30-31H,4-5,11-18,21-22,24-25,40H2,1-3H3,(H,41,48)(H,42,49)(H,44,45)/t30-/m0/s1. The molecule has 5 N–H and O–H groups in total. The molecule has 0 saturated carbocycles. The van der Waals surface area contributed by atoms with Gasteiger partial charge in [0.25, 0.3) is 0 Å². The van der Waals surface area contributed by atoms with Crippen molar-refractivity contribution in [3.8, 4) is 11.1 Å². The minimum atomic E-state index is -0.169. The molecule has 2 amide bonds. The molecule has 0 unspecified atom stereocenters. The quantitative estimate of drug-likeness (QED) is 0.149. The molecule has 2 saturated heterocycles. The minimum absolute atomic E-state index is 0.104. The molecule has 1 atom stereocenters. The lowest BCUT2D eigenvalue weighted by molar-refractivity contribution is -0.126. The number of hydrogen-bond acceptors (Lipinski definition) is 8. The maximum absolute atomic E-state index is 13.0. The molecule has 0 spiro atoms. The van der Waals surface area contributed by atoms with Crippen LogP contribution in [0, 0.1) is 6.92 Å². The Morgan fingerprint density at radius 2 is 1.76 bits per heavy atom. The van der Waals surface area contributed by atoms with Crippen molar-refractivity contribution < 1.29 is 14.3 Å². The molecule has 2 fully saturated rings. The Hall–Kier alpha value is -4.32. The minimum Gasteiger partial charge on any atom is -0.381 e. The van der Waals surface area contributed by atoms with Gasteiger partial charge in [-0.15, -0.1) is 0 Å². The van der Waals surface area contributed by atoms with Crippen molar-refractivity contribution in [3.05, 3.63) is 76.6 Å². The summed E-state index contributed by atoms with van der Waals surface area (Å²) in [5.74, 6) is -0.323. The molecule has 11 heteroatoms. The van der Waals surface area contributed by atoms with Crippen LogP contribution in [0.25, 0.3) is 22.2 Å². The lowest BCUT2D eigenvalue weighted by Gasteiger charge is -2.26. The van der Waals surface area contributed by atoms with Crippen molar-refractivity contribution in [2.24, 2.45) is 5.73 Å². The van der Waals surface area contributed by atoms with Gasteiger partial charge in [0.15, 0.2) is 5.65 Å².